The maximum Gasteiger partial charge on any atom is 0.230 e. The normalized spacial score (nSPS) is 46.4. The van der Waals surface area contributed by atoms with Crippen LogP contribution in [0.4, 0.5) is 0 Å². The van der Waals surface area contributed by atoms with Gasteiger partial charge in [-0.05, 0) is 62.7 Å². The molecule has 4 aliphatic carbocycles. The largest absolute Gasteiger partial charge is 0.361 e. The quantitative estimate of drug-likeness (QED) is 0.714. The highest BCUT2D eigenvalue weighted by molar-refractivity contribution is 5.83. The SMILES string of the molecule is O=C(N1CCCOC1)C12CC3CC(CC(C3)C1)C2. The summed E-state index contributed by atoms with van der Waals surface area (Å²) in [4.78, 5) is 14.9. The molecular weight excluding hydrogens is 226 g/mol. The van der Waals surface area contributed by atoms with Gasteiger partial charge in [-0.25, -0.2) is 0 Å². The summed E-state index contributed by atoms with van der Waals surface area (Å²) in [7, 11) is 0. The molecule has 5 aliphatic rings. The summed E-state index contributed by atoms with van der Waals surface area (Å²) in [5.41, 5.74) is 0.0233. The molecule has 0 spiro atoms. The van der Waals surface area contributed by atoms with E-state index in [1.54, 1.807) is 0 Å². The van der Waals surface area contributed by atoms with E-state index in [1.165, 1.54) is 38.5 Å². The van der Waals surface area contributed by atoms with Gasteiger partial charge in [-0.1, -0.05) is 0 Å². The molecule has 4 bridgehead atoms. The number of carbonyl (C=O) groups excluding carboxylic acids is 1. The molecule has 0 unspecified atom stereocenters. The van der Waals surface area contributed by atoms with Crippen molar-refractivity contribution in [3.8, 4) is 0 Å². The maximum atomic E-state index is 12.9. The van der Waals surface area contributed by atoms with E-state index in [1.807, 2.05) is 4.90 Å². The smallest absolute Gasteiger partial charge is 0.230 e. The van der Waals surface area contributed by atoms with Gasteiger partial charge in [0.05, 0.1) is 12.0 Å². The van der Waals surface area contributed by atoms with E-state index in [9.17, 15) is 4.79 Å². The van der Waals surface area contributed by atoms with E-state index < -0.39 is 0 Å². The molecule has 5 rings (SSSR count). The van der Waals surface area contributed by atoms with Gasteiger partial charge in [0, 0.05) is 6.54 Å². The molecule has 4 saturated carbocycles. The molecule has 5 fully saturated rings. The number of hydrogen-bond donors (Lipinski definition) is 0. The van der Waals surface area contributed by atoms with Crippen molar-refractivity contribution in [2.24, 2.45) is 23.2 Å². The lowest BCUT2D eigenvalue weighted by Gasteiger charge is -2.56. The van der Waals surface area contributed by atoms with Gasteiger partial charge in [0.2, 0.25) is 5.91 Å². The summed E-state index contributed by atoms with van der Waals surface area (Å²) in [6.45, 7) is 2.28. The van der Waals surface area contributed by atoms with Gasteiger partial charge in [0.25, 0.3) is 0 Å². The fourth-order valence-corrected chi connectivity index (χ4v) is 5.46. The molecule has 100 valence electrons. The van der Waals surface area contributed by atoms with Crippen molar-refractivity contribution in [1.29, 1.82) is 0 Å². The third-order valence-corrected chi connectivity index (χ3v) is 5.74. The van der Waals surface area contributed by atoms with Crippen molar-refractivity contribution in [1.82, 2.24) is 4.90 Å². The number of carbonyl (C=O) groups is 1. The third kappa shape index (κ3) is 1.63. The van der Waals surface area contributed by atoms with Crippen LogP contribution in [0.1, 0.15) is 44.9 Å². The Morgan fingerprint density at radius 3 is 2.17 bits per heavy atom. The summed E-state index contributed by atoms with van der Waals surface area (Å²) < 4.78 is 5.47. The van der Waals surface area contributed by atoms with Gasteiger partial charge in [-0.2, -0.15) is 0 Å². The van der Waals surface area contributed by atoms with Crippen molar-refractivity contribution in [3.05, 3.63) is 0 Å². The molecular formula is C15H23NO2. The minimum atomic E-state index is 0.0233. The summed E-state index contributed by atoms with van der Waals surface area (Å²) in [5.74, 6) is 2.99. The van der Waals surface area contributed by atoms with E-state index in [-0.39, 0.29) is 5.41 Å². The fourth-order valence-electron chi connectivity index (χ4n) is 5.46. The predicted octanol–water partition coefficient (Wildman–Crippen LogP) is 2.41. The first-order chi connectivity index (χ1) is 8.75. The van der Waals surface area contributed by atoms with E-state index >= 15 is 0 Å². The van der Waals surface area contributed by atoms with E-state index in [0.29, 0.717) is 12.6 Å². The second kappa shape index (κ2) is 3.96. The Labute approximate surface area is 109 Å². The molecule has 3 heteroatoms. The van der Waals surface area contributed by atoms with Crippen molar-refractivity contribution >= 4 is 5.91 Å². The van der Waals surface area contributed by atoms with Crippen LogP contribution in [0.2, 0.25) is 0 Å². The monoisotopic (exact) mass is 249 g/mol. The lowest BCUT2D eigenvalue weighted by Crippen LogP contribution is -2.55. The second-order valence-electron chi connectivity index (χ2n) is 7.16. The average molecular weight is 249 g/mol. The second-order valence-corrected chi connectivity index (χ2v) is 7.16. The minimum absolute atomic E-state index is 0.0233. The Morgan fingerprint density at radius 1 is 1.06 bits per heavy atom. The van der Waals surface area contributed by atoms with Gasteiger partial charge >= 0.3 is 0 Å². The van der Waals surface area contributed by atoms with Crippen LogP contribution >= 0.6 is 0 Å². The van der Waals surface area contributed by atoms with Crippen molar-refractivity contribution in [3.63, 3.8) is 0 Å². The van der Waals surface area contributed by atoms with Crippen LogP contribution in [0.15, 0.2) is 0 Å². The molecule has 1 amide bonds. The first-order valence-electron chi connectivity index (χ1n) is 7.62. The van der Waals surface area contributed by atoms with E-state index in [4.69, 9.17) is 4.74 Å². The summed E-state index contributed by atoms with van der Waals surface area (Å²) in [6, 6.07) is 0. The van der Waals surface area contributed by atoms with Crippen LogP contribution < -0.4 is 0 Å². The van der Waals surface area contributed by atoms with Gasteiger partial charge in [-0.15, -0.1) is 0 Å². The molecule has 0 aromatic carbocycles. The number of rotatable bonds is 1. The van der Waals surface area contributed by atoms with Crippen LogP contribution in [0.3, 0.4) is 0 Å². The molecule has 18 heavy (non-hydrogen) atoms. The highest BCUT2D eigenvalue weighted by Crippen LogP contribution is 2.60. The first kappa shape index (κ1) is 11.3. The van der Waals surface area contributed by atoms with Crippen molar-refractivity contribution in [2.75, 3.05) is 19.9 Å². The standard InChI is InChI=1S/C15H23NO2/c17-14(16-2-1-3-18-10-16)15-7-11-4-12(8-15)6-13(5-11)9-15/h11-13H,1-10H2. The van der Waals surface area contributed by atoms with Gasteiger partial charge in [0.15, 0.2) is 0 Å². The molecule has 0 radical (unpaired) electrons. The maximum absolute atomic E-state index is 12.9. The summed E-state index contributed by atoms with van der Waals surface area (Å²) in [5, 5.41) is 0. The Bertz CT molecular complexity index is 324. The molecule has 1 aliphatic heterocycles. The average Bonchev–Trinajstić information content (AvgIpc) is 2.37. The van der Waals surface area contributed by atoms with Crippen molar-refractivity contribution < 1.29 is 9.53 Å². The Hall–Kier alpha value is -0.570. The summed E-state index contributed by atoms with van der Waals surface area (Å²) >= 11 is 0. The molecule has 0 N–H and O–H groups in total. The minimum Gasteiger partial charge on any atom is -0.361 e. The number of ether oxygens (including phenoxy) is 1. The number of amides is 1. The zero-order valence-electron chi connectivity index (χ0n) is 11.1. The van der Waals surface area contributed by atoms with Crippen LogP contribution in [0, 0.1) is 23.2 Å². The zero-order chi connectivity index (χ0) is 12.2. The van der Waals surface area contributed by atoms with Crippen LogP contribution in [-0.4, -0.2) is 30.7 Å². The highest BCUT2D eigenvalue weighted by atomic mass is 16.5. The lowest BCUT2D eigenvalue weighted by atomic mass is 9.49. The Kier molecular flexibility index (Phi) is 2.48. The lowest BCUT2D eigenvalue weighted by molar-refractivity contribution is -0.166. The van der Waals surface area contributed by atoms with Crippen molar-refractivity contribution in [2.45, 2.75) is 44.9 Å². The Balaban J connectivity index is 1.57. The van der Waals surface area contributed by atoms with Gasteiger partial charge in [-0.3, -0.25) is 4.79 Å². The van der Waals surface area contributed by atoms with Crippen LogP contribution in [0.5, 0.6) is 0 Å². The topological polar surface area (TPSA) is 29.5 Å². The number of nitrogens with zero attached hydrogens (tertiary/aromatic N) is 1. The van der Waals surface area contributed by atoms with E-state index in [0.717, 1.165) is 37.3 Å². The third-order valence-electron chi connectivity index (χ3n) is 5.74. The number of hydrogen-bond acceptors (Lipinski definition) is 2. The van der Waals surface area contributed by atoms with Gasteiger partial charge < -0.3 is 9.64 Å². The molecule has 0 aromatic rings. The molecule has 3 nitrogen and oxygen atoms in total. The molecule has 0 aromatic heterocycles. The van der Waals surface area contributed by atoms with Gasteiger partial charge in [0.1, 0.15) is 6.73 Å². The Morgan fingerprint density at radius 2 is 1.67 bits per heavy atom. The molecule has 1 saturated heterocycles. The first-order valence-corrected chi connectivity index (χ1v) is 7.62. The zero-order valence-corrected chi connectivity index (χ0v) is 11.1. The van der Waals surface area contributed by atoms with E-state index in [2.05, 4.69) is 0 Å². The highest BCUT2D eigenvalue weighted by Gasteiger charge is 2.55. The fraction of sp³-hybridized carbons (Fsp3) is 0.933. The molecule has 0 atom stereocenters. The predicted molar refractivity (Wildman–Crippen MR) is 67.8 cm³/mol. The van der Waals surface area contributed by atoms with Crippen LogP contribution in [-0.2, 0) is 9.53 Å². The summed E-state index contributed by atoms with van der Waals surface area (Å²) in [6.07, 6.45) is 8.75. The van der Waals surface area contributed by atoms with Crippen LogP contribution in [0.25, 0.3) is 0 Å². The molecule has 1 heterocycles.